The SMILES string of the molecule is Cc1cccnc1CC(Cl)c1cccc(C)c1C. The van der Waals surface area contributed by atoms with E-state index in [9.17, 15) is 0 Å². The van der Waals surface area contributed by atoms with Crippen molar-refractivity contribution in [3.05, 3.63) is 64.5 Å². The number of aryl methyl sites for hydroxylation is 2. The minimum Gasteiger partial charge on any atom is -0.261 e. The van der Waals surface area contributed by atoms with E-state index in [1.54, 1.807) is 0 Å². The number of nitrogens with zero attached hydrogens (tertiary/aromatic N) is 1. The topological polar surface area (TPSA) is 12.9 Å². The van der Waals surface area contributed by atoms with Gasteiger partial charge in [0.1, 0.15) is 0 Å². The lowest BCUT2D eigenvalue weighted by Crippen LogP contribution is -2.02. The van der Waals surface area contributed by atoms with Gasteiger partial charge in [-0.25, -0.2) is 0 Å². The number of hydrogen-bond acceptors (Lipinski definition) is 1. The Morgan fingerprint density at radius 3 is 2.50 bits per heavy atom. The zero-order valence-electron chi connectivity index (χ0n) is 11.1. The van der Waals surface area contributed by atoms with Gasteiger partial charge >= 0.3 is 0 Å². The number of halogens is 1. The van der Waals surface area contributed by atoms with Crippen LogP contribution in [-0.4, -0.2) is 4.98 Å². The smallest absolute Gasteiger partial charge is 0.0643 e. The first-order valence-electron chi connectivity index (χ1n) is 6.20. The predicted octanol–water partition coefficient (Wildman–Crippen LogP) is 4.53. The van der Waals surface area contributed by atoms with Gasteiger partial charge in [0.25, 0.3) is 0 Å². The van der Waals surface area contributed by atoms with Crippen LogP contribution in [0.25, 0.3) is 0 Å². The molecule has 2 aromatic rings. The van der Waals surface area contributed by atoms with E-state index in [-0.39, 0.29) is 5.38 Å². The van der Waals surface area contributed by atoms with Crippen LogP contribution in [0.1, 0.15) is 33.3 Å². The molecule has 1 aromatic heterocycles. The van der Waals surface area contributed by atoms with Gasteiger partial charge in [-0.05, 0) is 49.1 Å². The van der Waals surface area contributed by atoms with Gasteiger partial charge in [-0.3, -0.25) is 4.98 Å². The average molecular weight is 260 g/mol. The van der Waals surface area contributed by atoms with Crippen LogP contribution in [-0.2, 0) is 6.42 Å². The molecule has 0 bridgehead atoms. The molecule has 18 heavy (non-hydrogen) atoms. The second-order valence-electron chi connectivity index (χ2n) is 4.73. The number of pyridine rings is 1. The molecule has 1 nitrogen and oxygen atoms in total. The number of hydrogen-bond donors (Lipinski definition) is 0. The molecule has 94 valence electrons. The first-order valence-corrected chi connectivity index (χ1v) is 6.64. The first-order chi connectivity index (χ1) is 8.59. The van der Waals surface area contributed by atoms with Gasteiger partial charge in [0, 0.05) is 18.3 Å². The standard InChI is InChI=1S/C16H18ClN/c1-11-6-4-8-14(13(11)3)15(17)10-16-12(2)7-5-9-18-16/h4-9,15H,10H2,1-3H3. The van der Waals surface area contributed by atoms with Crippen molar-refractivity contribution in [2.24, 2.45) is 0 Å². The Balaban J connectivity index is 2.25. The molecule has 0 spiro atoms. The molecule has 1 atom stereocenters. The maximum absolute atomic E-state index is 6.55. The van der Waals surface area contributed by atoms with E-state index < -0.39 is 0 Å². The lowest BCUT2D eigenvalue weighted by atomic mass is 9.97. The van der Waals surface area contributed by atoms with Gasteiger partial charge in [-0.1, -0.05) is 24.3 Å². The average Bonchev–Trinajstić information content (AvgIpc) is 2.35. The van der Waals surface area contributed by atoms with Crippen LogP contribution >= 0.6 is 11.6 Å². The van der Waals surface area contributed by atoms with Crippen LogP contribution in [0.4, 0.5) is 0 Å². The van der Waals surface area contributed by atoms with Crippen molar-refractivity contribution in [3.8, 4) is 0 Å². The molecular weight excluding hydrogens is 242 g/mol. The lowest BCUT2D eigenvalue weighted by molar-refractivity contribution is 0.861. The summed E-state index contributed by atoms with van der Waals surface area (Å²) in [7, 11) is 0. The highest BCUT2D eigenvalue weighted by molar-refractivity contribution is 6.21. The van der Waals surface area contributed by atoms with Crippen molar-refractivity contribution in [3.63, 3.8) is 0 Å². The third-order valence-corrected chi connectivity index (χ3v) is 3.86. The summed E-state index contributed by atoms with van der Waals surface area (Å²) in [5.41, 5.74) is 6.07. The predicted molar refractivity (Wildman–Crippen MR) is 77.2 cm³/mol. The van der Waals surface area contributed by atoms with Crippen LogP contribution in [0.3, 0.4) is 0 Å². The van der Waals surface area contributed by atoms with Crippen molar-refractivity contribution >= 4 is 11.6 Å². The van der Waals surface area contributed by atoms with Gasteiger partial charge in [0.05, 0.1) is 5.38 Å². The lowest BCUT2D eigenvalue weighted by Gasteiger charge is -2.15. The molecule has 0 aliphatic rings. The molecule has 0 saturated carbocycles. The number of aromatic nitrogens is 1. The minimum atomic E-state index is -0.0153. The van der Waals surface area contributed by atoms with Gasteiger partial charge in [-0.2, -0.15) is 0 Å². The second-order valence-corrected chi connectivity index (χ2v) is 5.25. The molecule has 0 fully saturated rings. The number of rotatable bonds is 3. The van der Waals surface area contributed by atoms with Crippen LogP contribution in [0, 0.1) is 20.8 Å². The maximum atomic E-state index is 6.55. The summed E-state index contributed by atoms with van der Waals surface area (Å²) >= 11 is 6.55. The van der Waals surface area contributed by atoms with Crippen LogP contribution in [0.5, 0.6) is 0 Å². The van der Waals surface area contributed by atoms with E-state index in [1.165, 1.54) is 22.3 Å². The summed E-state index contributed by atoms with van der Waals surface area (Å²) in [5, 5.41) is -0.0153. The fourth-order valence-corrected chi connectivity index (χ4v) is 2.51. The Hall–Kier alpha value is -1.34. The summed E-state index contributed by atoms with van der Waals surface area (Å²) in [4.78, 5) is 4.41. The van der Waals surface area contributed by atoms with Gasteiger partial charge in [0.2, 0.25) is 0 Å². The van der Waals surface area contributed by atoms with E-state index >= 15 is 0 Å². The fourth-order valence-electron chi connectivity index (χ4n) is 2.12. The normalized spacial score (nSPS) is 12.4. The van der Waals surface area contributed by atoms with Crippen molar-refractivity contribution < 1.29 is 0 Å². The summed E-state index contributed by atoms with van der Waals surface area (Å²) in [5.74, 6) is 0. The molecule has 0 N–H and O–H groups in total. The minimum absolute atomic E-state index is 0.0153. The van der Waals surface area contributed by atoms with Crippen molar-refractivity contribution in [2.45, 2.75) is 32.6 Å². The van der Waals surface area contributed by atoms with E-state index in [0.717, 1.165) is 12.1 Å². The monoisotopic (exact) mass is 259 g/mol. The Morgan fingerprint density at radius 2 is 1.78 bits per heavy atom. The van der Waals surface area contributed by atoms with Crippen molar-refractivity contribution in [2.75, 3.05) is 0 Å². The van der Waals surface area contributed by atoms with Crippen LogP contribution in [0.15, 0.2) is 36.5 Å². The number of benzene rings is 1. The molecule has 2 heteroatoms. The highest BCUT2D eigenvalue weighted by atomic mass is 35.5. The highest BCUT2D eigenvalue weighted by Crippen LogP contribution is 2.29. The fraction of sp³-hybridized carbons (Fsp3) is 0.312. The summed E-state index contributed by atoms with van der Waals surface area (Å²) in [6, 6.07) is 10.3. The molecule has 1 unspecified atom stereocenters. The largest absolute Gasteiger partial charge is 0.261 e. The summed E-state index contributed by atoms with van der Waals surface area (Å²) in [6.07, 6.45) is 2.60. The first kappa shape index (κ1) is 13.1. The molecule has 0 radical (unpaired) electrons. The van der Waals surface area contributed by atoms with Gasteiger partial charge in [-0.15, -0.1) is 11.6 Å². The van der Waals surface area contributed by atoms with Crippen molar-refractivity contribution in [1.29, 1.82) is 0 Å². The summed E-state index contributed by atoms with van der Waals surface area (Å²) < 4.78 is 0. The van der Waals surface area contributed by atoms with Crippen LogP contribution in [0.2, 0.25) is 0 Å². The zero-order chi connectivity index (χ0) is 13.1. The Kier molecular flexibility index (Phi) is 4.03. The number of alkyl halides is 1. The molecule has 0 aliphatic carbocycles. The van der Waals surface area contributed by atoms with E-state index in [0.29, 0.717) is 0 Å². The van der Waals surface area contributed by atoms with Crippen LogP contribution < -0.4 is 0 Å². The third kappa shape index (κ3) is 2.73. The molecule has 0 aliphatic heterocycles. The Labute approximate surface area is 114 Å². The molecule has 0 saturated heterocycles. The quantitative estimate of drug-likeness (QED) is 0.738. The molecule has 2 rings (SSSR count). The van der Waals surface area contributed by atoms with E-state index in [1.807, 2.05) is 12.3 Å². The second kappa shape index (κ2) is 5.53. The maximum Gasteiger partial charge on any atom is 0.0643 e. The third-order valence-electron chi connectivity index (χ3n) is 3.47. The highest BCUT2D eigenvalue weighted by Gasteiger charge is 2.14. The molecule has 1 aromatic carbocycles. The zero-order valence-corrected chi connectivity index (χ0v) is 11.8. The van der Waals surface area contributed by atoms with E-state index in [4.69, 9.17) is 11.6 Å². The summed E-state index contributed by atoms with van der Waals surface area (Å²) in [6.45, 7) is 6.33. The molecule has 1 heterocycles. The Morgan fingerprint density at radius 1 is 1.06 bits per heavy atom. The Bertz CT molecular complexity index is 549. The van der Waals surface area contributed by atoms with Crippen molar-refractivity contribution in [1.82, 2.24) is 4.98 Å². The van der Waals surface area contributed by atoms with E-state index in [2.05, 4.69) is 50.0 Å². The van der Waals surface area contributed by atoms with Gasteiger partial charge < -0.3 is 0 Å². The van der Waals surface area contributed by atoms with Gasteiger partial charge in [0.15, 0.2) is 0 Å². The molecule has 0 amide bonds. The molecular formula is C16H18ClN.